The van der Waals surface area contributed by atoms with Crippen LogP contribution >= 0.6 is 0 Å². The van der Waals surface area contributed by atoms with E-state index in [9.17, 15) is 4.79 Å². The second kappa shape index (κ2) is 3.81. The average molecular weight is 197 g/mol. The Morgan fingerprint density at radius 1 is 1.33 bits per heavy atom. The zero-order valence-corrected chi connectivity index (χ0v) is 7.81. The van der Waals surface area contributed by atoms with Crippen LogP contribution in [-0.4, -0.2) is 0 Å². The SMILES string of the molecule is N#CC=Cc1cc(=O)c2ccccc2o1. The third kappa shape index (κ3) is 1.79. The van der Waals surface area contributed by atoms with Crippen LogP contribution in [0.5, 0.6) is 0 Å². The van der Waals surface area contributed by atoms with Crippen LogP contribution in [-0.2, 0) is 0 Å². The van der Waals surface area contributed by atoms with E-state index in [4.69, 9.17) is 9.68 Å². The highest BCUT2D eigenvalue weighted by Crippen LogP contribution is 2.12. The Morgan fingerprint density at radius 3 is 2.93 bits per heavy atom. The van der Waals surface area contributed by atoms with Crippen molar-refractivity contribution < 1.29 is 4.42 Å². The van der Waals surface area contributed by atoms with E-state index in [1.54, 1.807) is 24.3 Å². The van der Waals surface area contributed by atoms with E-state index in [1.807, 2.05) is 6.07 Å². The number of hydrogen-bond acceptors (Lipinski definition) is 3. The molecule has 0 aliphatic rings. The van der Waals surface area contributed by atoms with E-state index in [1.165, 1.54) is 18.2 Å². The topological polar surface area (TPSA) is 54.0 Å². The third-order valence-electron chi connectivity index (χ3n) is 1.98. The molecule has 0 aliphatic carbocycles. The van der Waals surface area contributed by atoms with Crippen LogP contribution in [0.4, 0.5) is 0 Å². The fourth-order valence-corrected chi connectivity index (χ4v) is 1.32. The van der Waals surface area contributed by atoms with Crippen molar-refractivity contribution in [3.8, 4) is 6.07 Å². The molecule has 72 valence electrons. The van der Waals surface area contributed by atoms with E-state index in [0.29, 0.717) is 16.7 Å². The summed E-state index contributed by atoms with van der Waals surface area (Å²) in [5, 5.41) is 8.90. The van der Waals surface area contributed by atoms with Gasteiger partial charge in [-0.25, -0.2) is 0 Å². The summed E-state index contributed by atoms with van der Waals surface area (Å²) in [5.41, 5.74) is 0.428. The molecule has 2 rings (SSSR count). The molecule has 15 heavy (non-hydrogen) atoms. The Labute approximate surface area is 85.9 Å². The minimum absolute atomic E-state index is 0.102. The Bertz CT molecular complexity index is 617. The Morgan fingerprint density at radius 2 is 2.13 bits per heavy atom. The van der Waals surface area contributed by atoms with Crippen LogP contribution in [0.25, 0.3) is 17.0 Å². The maximum absolute atomic E-state index is 11.6. The summed E-state index contributed by atoms with van der Waals surface area (Å²) in [7, 11) is 0. The van der Waals surface area contributed by atoms with Crippen LogP contribution in [0.3, 0.4) is 0 Å². The number of nitrogens with zero attached hydrogens (tertiary/aromatic N) is 1. The van der Waals surface area contributed by atoms with Crippen molar-refractivity contribution in [1.29, 1.82) is 5.26 Å². The molecule has 1 heterocycles. The van der Waals surface area contributed by atoms with Crippen molar-refractivity contribution >= 4 is 17.0 Å². The minimum atomic E-state index is -0.102. The number of fused-ring (bicyclic) bond motifs is 1. The first kappa shape index (κ1) is 9.22. The molecule has 0 aliphatic heterocycles. The monoisotopic (exact) mass is 197 g/mol. The molecule has 0 radical (unpaired) electrons. The van der Waals surface area contributed by atoms with Crippen molar-refractivity contribution in [1.82, 2.24) is 0 Å². The second-order valence-corrected chi connectivity index (χ2v) is 2.97. The Kier molecular flexibility index (Phi) is 2.34. The average Bonchev–Trinajstić information content (AvgIpc) is 2.26. The molecular weight excluding hydrogens is 190 g/mol. The first-order valence-electron chi connectivity index (χ1n) is 4.40. The Balaban J connectivity index is 2.69. The number of hydrogen-bond donors (Lipinski definition) is 0. The molecule has 3 heteroatoms. The lowest BCUT2D eigenvalue weighted by Gasteiger charge is -1.97. The lowest BCUT2D eigenvalue weighted by Crippen LogP contribution is -1.99. The van der Waals surface area contributed by atoms with Crippen LogP contribution in [0, 0.1) is 11.3 Å². The molecule has 0 bridgehead atoms. The molecular formula is C12H7NO2. The number of benzene rings is 1. The summed E-state index contributed by atoms with van der Waals surface area (Å²) in [6.45, 7) is 0. The van der Waals surface area contributed by atoms with Gasteiger partial charge in [-0.3, -0.25) is 4.79 Å². The van der Waals surface area contributed by atoms with Gasteiger partial charge in [-0.05, 0) is 18.2 Å². The molecule has 1 aromatic heterocycles. The number of para-hydroxylation sites is 1. The van der Waals surface area contributed by atoms with Crippen LogP contribution in [0.2, 0.25) is 0 Å². The molecule has 0 spiro atoms. The molecule has 3 nitrogen and oxygen atoms in total. The summed E-state index contributed by atoms with van der Waals surface area (Å²) < 4.78 is 5.41. The van der Waals surface area contributed by atoms with E-state index < -0.39 is 0 Å². The van der Waals surface area contributed by atoms with Gasteiger partial charge in [0.1, 0.15) is 11.3 Å². The van der Waals surface area contributed by atoms with Crippen LogP contribution < -0.4 is 5.43 Å². The van der Waals surface area contributed by atoms with E-state index in [2.05, 4.69) is 0 Å². The fourth-order valence-electron chi connectivity index (χ4n) is 1.32. The van der Waals surface area contributed by atoms with Crippen LogP contribution in [0.15, 0.2) is 45.6 Å². The summed E-state index contributed by atoms with van der Waals surface area (Å²) in [6, 6.07) is 10.2. The number of allylic oxidation sites excluding steroid dienone is 1. The normalized spacial score (nSPS) is 10.6. The minimum Gasteiger partial charge on any atom is -0.456 e. The van der Waals surface area contributed by atoms with Gasteiger partial charge in [0.25, 0.3) is 0 Å². The van der Waals surface area contributed by atoms with Crippen molar-refractivity contribution in [3.05, 3.63) is 52.4 Å². The summed E-state index contributed by atoms with van der Waals surface area (Å²) >= 11 is 0. The van der Waals surface area contributed by atoms with Crippen molar-refractivity contribution in [3.63, 3.8) is 0 Å². The maximum atomic E-state index is 11.6. The zero-order valence-electron chi connectivity index (χ0n) is 7.81. The van der Waals surface area contributed by atoms with E-state index in [0.717, 1.165) is 0 Å². The standard InChI is InChI=1S/C12H7NO2/c13-7-3-4-9-8-11(14)10-5-1-2-6-12(10)15-9/h1-6,8H. The largest absolute Gasteiger partial charge is 0.456 e. The highest BCUT2D eigenvalue weighted by Gasteiger charge is 2.00. The Hall–Kier alpha value is -2.34. The molecule has 0 saturated heterocycles. The van der Waals surface area contributed by atoms with Gasteiger partial charge in [0.05, 0.1) is 11.5 Å². The van der Waals surface area contributed by atoms with Crippen LogP contribution in [0.1, 0.15) is 5.76 Å². The van der Waals surface area contributed by atoms with Gasteiger partial charge >= 0.3 is 0 Å². The second-order valence-electron chi connectivity index (χ2n) is 2.97. The summed E-state index contributed by atoms with van der Waals surface area (Å²) in [4.78, 5) is 11.6. The van der Waals surface area contributed by atoms with Gasteiger partial charge in [0, 0.05) is 12.1 Å². The molecule has 0 fully saturated rings. The molecule has 0 amide bonds. The van der Waals surface area contributed by atoms with E-state index in [-0.39, 0.29) is 5.43 Å². The molecule has 0 N–H and O–H groups in total. The van der Waals surface area contributed by atoms with Gasteiger partial charge in [0.15, 0.2) is 5.43 Å². The first-order valence-corrected chi connectivity index (χ1v) is 4.40. The van der Waals surface area contributed by atoms with E-state index >= 15 is 0 Å². The lowest BCUT2D eigenvalue weighted by molar-refractivity contribution is 0.591. The quantitative estimate of drug-likeness (QED) is 0.659. The van der Waals surface area contributed by atoms with Crippen molar-refractivity contribution in [2.24, 2.45) is 0 Å². The van der Waals surface area contributed by atoms with Crippen molar-refractivity contribution in [2.45, 2.75) is 0 Å². The van der Waals surface area contributed by atoms with Gasteiger partial charge in [0.2, 0.25) is 0 Å². The lowest BCUT2D eigenvalue weighted by atomic mass is 10.2. The zero-order chi connectivity index (χ0) is 10.7. The van der Waals surface area contributed by atoms with Gasteiger partial charge in [-0.1, -0.05) is 12.1 Å². The third-order valence-corrected chi connectivity index (χ3v) is 1.98. The van der Waals surface area contributed by atoms with Crippen molar-refractivity contribution in [2.75, 3.05) is 0 Å². The van der Waals surface area contributed by atoms with Gasteiger partial charge in [-0.15, -0.1) is 0 Å². The predicted octanol–water partition coefficient (Wildman–Crippen LogP) is 2.33. The first-order chi connectivity index (χ1) is 7.31. The predicted molar refractivity (Wildman–Crippen MR) is 57.1 cm³/mol. The molecule has 1 aromatic carbocycles. The van der Waals surface area contributed by atoms with Gasteiger partial charge < -0.3 is 4.42 Å². The van der Waals surface area contributed by atoms with Gasteiger partial charge in [-0.2, -0.15) is 5.26 Å². The summed E-state index contributed by atoms with van der Waals surface area (Å²) in [5.74, 6) is 0.389. The number of nitriles is 1. The molecule has 0 saturated carbocycles. The highest BCUT2D eigenvalue weighted by molar-refractivity contribution is 5.76. The number of rotatable bonds is 1. The molecule has 0 unspecified atom stereocenters. The highest BCUT2D eigenvalue weighted by atomic mass is 16.3. The maximum Gasteiger partial charge on any atom is 0.193 e. The fraction of sp³-hybridized carbons (Fsp3) is 0. The smallest absolute Gasteiger partial charge is 0.193 e. The molecule has 0 atom stereocenters. The summed E-state index contributed by atoms with van der Waals surface area (Å²) in [6.07, 6.45) is 2.74. The molecule has 2 aromatic rings.